The molecule has 5 rings (SSSR count). The second-order valence-corrected chi connectivity index (χ2v) is 8.44. The lowest BCUT2D eigenvalue weighted by atomic mass is 9.90. The molecule has 1 unspecified atom stereocenters. The van der Waals surface area contributed by atoms with Crippen LogP contribution in [0.5, 0.6) is 5.75 Å². The molecular weight excluding hydrogens is 421 g/mol. The number of urea groups is 1. The minimum Gasteiger partial charge on any atom is -0.495 e. The van der Waals surface area contributed by atoms with Gasteiger partial charge in [-0.15, -0.1) is 0 Å². The van der Waals surface area contributed by atoms with Crippen molar-refractivity contribution < 1.29 is 13.9 Å². The maximum atomic E-state index is 13.5. The van der Waals surface area contributed by atoms with Crippen molar-refractivity contribution in [1.29, 1.82) is 0 Å². The molecule has 2 aromatic carbocycles. The van der Waals surface area contributed by atoms with Crippen molar-refractivity contribution >= 4 is 17.9 Å². The number of methoxy groups -OCH3 is 1. The van der Waals surface area contributed by atoms with E-state index >= 15 is 0 Å². The molecular formula is C25H24FN5O2. The van der Waals surface area contributed by atoms with Crippen molar-refractivity contribution in [1.82, 2.24) is 19.8 Å². The van der Waals surface area contributed by atoms with Crippen LogP contribution in [-0.4, -0.2) is 46.5 Å². The Morgan fingerprint density at radius 1 is 1.21 bits per heavy atom. The average Bonchev–Trinajstić information content (AvgIpc) is 3.40. The zero-order chi connectivity index (χ0) is 23.2. The van der Waals surface area contributed by atoms with Crippen LogP contribution in [0.3, 0.4) is 0 Å². The lowest BCUT2D eigenvalue weighted by molar-refractivity contribution is 0.185. The molecule has 0 aliphatic carbocycles. The van der Waals surface area contributed by atoms with Gasteiger partial charge < -0.3 is 14.6 Å². The lowest BCUT2D eigenvalue weighted by Gasteiger charge is -2.39. The van der Waals surface area contributed by atoms with Gasteiger partial charge in [-0.1, -0.05) is 18.2 Å². The van der Waals surface area contributed by atoms with Crippen LogP contribution < -0.4 is 10.1 Å². The fraction of sp³-hybridized carbons (Fsp3) is 0.240. The normalized spacial score (nSPS) is 21.1. The number of benzene rings is 2. The van der Waals surface area contributed by atoms with Crippen molar-refractivity contribution in [2.24, 2.45) is 4.99 Å². The first-order valence-electron chi connectivity index (χ1n) is 10.7. The van der Waals surface area contributed by atoms with E-state index in [1.165, 1.54) is 12.1 Å². The van der Waals surface area contributed by atoms with E-state index in [0.29, 0.717) is 24.7 Å². The second-order valence-electron chi connectivity index (χ2n) is 8.44. The molecule has 3 heterocycles. The Kier molecular flexibility index (Phi) is 5.00. The van der Waals surface area contributed by atoms with Gasteiger partial charge in [0.05, 0.1) is 36.9 Å². The molecule has 7 nitrogen and oxygen atoms in total. The highest BCUT2D eigenvalue weighted by atomic mass is 19.1. The van der Waals surface area contributed by atoms with Crippen LogP contribution in [0, 0.1) is 12.7 Å². The molecule has 3 aromatic rings. The highest BCUT2D eigenvalue weighted by molar-refractivity contribution is 6.14. The second kappa shape index (κ2) is 7.88. The topological polar surface area (TPSA) is 71.8 Å². The van der Waals surface area contributed by atoms with Gasteiger partial charge >= 0.3 is 6.03 Å². The van der Waals surface area contributed by atoms with Crippen LogP contribution in [0.2, 0.25) is 0 Å². The van der Waals surface area contributed by atoms with E-state index in [1.54, 1.807) is 30.5 Å². The number of aryl methyl sites for hydroxylation is 1. The molecule has 0 radical (unpaired) electrons. The van der Waals surface area contributed by atoms with Gasteiger partial charge in [0.2, 0.25) is 0 Å². The van der Waals surface area contributed by atoms with Crippen LogP contribution in [0.4, 0.5) is 9.18 Å². The predicted molar refractivity (Wildman–Crippen MR) is 124 cm³/mol. The fourth-order valence-corrected chi connectivity index (χ4v) is 4.39. The SMILES string of the molecule is COc1cc(/C=C2\CNC(=O)N3C2=NCC3(C)c2ccc(F)cc2)ccc1-n1cnc(C)c1. The standard InChI is InChI=1S/C25H24FN5O2/c1-16-13-30(15-29-16)21-9-4-17(11-22(21)33-3)10-18-12-27-24(32)31-23(18)28-14-25(31,2)19-5-7-20(26)8-6-19/h4-11,13,15H,12,14H2,1-3H3,(H,27,32)/b18-10+. The van der Waals surface area contributed by atoms with Crippen molar-refractivity contribution in [3.05, 3.63) is 83.2 Å². The lowest BCUT2D eigenvalue weighted by Crippen LogP contribution is -2.57. The first kappa shape index (κ1) is 20.9. The molecule has 2 amide bonds. The van der Waals surface area contributed by atoms with E-state index in [-0.39, 0.29) is 11.8 Å². The number of nitrogens with one attached hydrogen (secondary N) is 1. The van der Waals surface area contributed by atoms with Gasteiger partial charge in [0.25, 0.3) is 0 Å². The van der Waals surface area contributed by atoms with E-state index < -0.39 is 5.54 Å². The number of hydrogen-bond acceptors (Lipinski definition) is 4. The summed E-state index contributed by atoms with van der Waals surface area (Å²) in [4.78, 5) is 23.5. The van der Waals surface area contributed by atoms with E-state index in [4.69, 9.17) is 9.73 Å². The zero-order valence-electron chi connectivity index (χ0n) is 18.7. The largest absolute Gasteiger partial charge is 0.495 e. The molecule has 2 aliphatic heterocycles. The minimum atomic E-state index is -0.687. The van der Waals surface area contributed by atoms with Crippen LogP contribution in [0.1, 0.15) is 23.7 Å². The van der Waals surface area contributed by atoms with Gasteiger partial charge in [0, 0.05) is 18.3 Å². The molecule has 0 spiro atoms. The molecule has 1 atom stereocenters. The summed E-state index contributed by atoms with van der Waals surface area (Å²) in [5, 5.41) is 2.95. The summed E-state index contributed by atoms with van der Waals surface area (Å²) in [5.41, 5.74) is 3.78. The molecule has 0 saturated carbocycles. The molecule has 168 valence electrons. The summed E-state index contributed by atoms with van der Waals surface area (Å²) >= 11 is 0. The summed E-state index contributed by atoms with van der Waals surface area (Å²) in [6, 6.07) is 12.0. The quantitative estimate of drug-likeness (QED) is 0.658. The Hall–Kier alpha value is -3.94. The number of rotatable bonds is 4. The molecule has 1 saturated heterocycles. The minimum absolute atomic E-state index is 0.210. The number of amides is 2. The Balaban J connectivity index is 1.49. The molecule has 33 heavy (non-hydrogen) atoms. The molecule has 2 aliphatic rings. The Morgan fingerprint density at radius 3 is 2.70 bits per heavy atom. The van der Waals surface area contributed by atoms with Gasteiger partial charge in [0.1, 0.15) is 17.4 Å². The maximum Gasteiger partial charge on any atom is 0.324 e. The van der Waals surface area contributed by atoms with Gasteiger partial charge in [-0.05, 0) is 55.3 Å². The third-order valence-electron chi connectivity index (χ3n) is 6.16. The van der Waals surface area contributed by atoms with Crippen LogP contribution in [0.25, 0.3) is 11.8 Å². The van der Waals surface area contributed by atoms with Crippen LogP contribution >= 0.6 is 0 Å². The van der Waals surface area contributed by atoms with Gasteiger partial charge in [-0.25, -0.2) is 14.2 Å². The number of nitrogens with zero attached hydrogens (tertiary/aromatic N) is 4. The Bertz CT molecular complexity index is 1290. The number of hydrogen-bond donors (Lipinski definition) is 1. The number of halogens is 1. The Labute approximate surface area is 191 Å². The Morgan fingerprint density at radius 2 is 2.00 bits per heavy atom. The number of carbonyl (C=O) groups excluding carboxylic acids is 1. The van der Waals surface area contributed by atoms with E-state index in [2.05, 4.69) is 10.3 Å². The summed E-state index contributed by atoms with van der Waals surface area (Å²) in [7, 11) is 1.64. The number of amidine groups is 1. The van der Waals surface area contributed by atoms with Crippen LogP contribution in [-0.2, 0) is 5.54 Å². The number of aromatic nitrogens is 2. The number of carbonyl (C=O) groups is 1. The average molecular weight is 445 g/mol. The van der Waals surface area contributed by atoms with Crippen molar-refractivity contribution in [2.45, 2.75) is 19.4 Å². The predicted octanol–water partition coefficient (Wildman–Crippen LogP) is 4.06. The van der Waals surface area contributed by atoms with E-state index in [1.807, 2.05) is 48.9 Å². The van der Waals surface area contributed by atoms with Crippen molar-refractivity contribution in [3.8, 4) is 11.4 Å². The molecule has 8 heteroatoms. The van der Waals surface area contributed by atoms with Crippen molar-refractivity contribution in [2.75, 3.05) is 20.2 Å². The van der Waals surface area contributed by atoms with Crippen LogP contribution in [0.15, 0.2) is 65.6 Å². The van der Waals surface area contributed by atoms with Crippen molar-refractivity contribution in [3.63, 3.8) is 0 Å². The van der Waals surface area contributed by atoms with Gasteiger partial charge in [-0.3, -0.25) is 9.89 Å². The molecule has 1 aromatic heterocycles. The fourth-order valence-electron chi connectivity index (χ4n) is 4.39. The summed E-state index contributed by atoms with van der Waals surface area (Å²) in [5.74, 6) is 1.04. The van der Waals surface area contributed by atoms with E-state index in [0.717, 1.165) is 28.1 Å². The monoisotopic (exact) mass is 445 g/mol. The first-order chi connectivity index (χ1) is 15.9. The zero-order valence-corrected chi connectivity index (χ0v) is 18.7. The molecule has 1 N–H and O–H groups in total. The summed E-state index contributed by atoms with van der Waals surface area (Å²) in [6.45, 7) is 4.66. The number of aliphatic imine (C=N–C) groups is 1. The van der Waals surface area contributed by atoms with Gasteiger partial charge in [-0.2, -0.15) is 0 Å². The highest BCUT2D eigenvalue weighted by Gasteiger charge is 2.47. The third kappa shape index (κ3) is 3.57. The van der Waals surface area contributed by atoms with E-state index in [9.17, 15) is 9.18 Å². The maximum absolute atomic E-state index is 13.5. The summed E-state index contributed by atoms with van der Waals surface area (Å²) < 4.78 is 21.0. The number of fused-ring (bicyclic) bond motifs is 1. The third-order valence-corrected chi connectivity index (χ3v) is 6.16. The number of imidazole rings is 1. The molecule has 0 bridgehead atoms. The summed E-state index contributed by atoms with van der Waals surface area (Å²) in [6.07, 6.45) is 5.70. The smallest absolute Gasteiger partial charge is 0.324 e. The number of ether oxygens (including phenoxy) is 1. The van der Waals surface area contributed by atoms with Gasteiger partial charge in [0.15, 0.2) is 0 Å². The molecule has 1 fully saturated rings. The highest BCUT2D eigenvalue weighted by Crippen LogP contribution is 2.37. The first-order valence-corrected chi connectivity index (χ1v) is 10.7.